The Labute approximate surface area is 426 Å². The van der Waals surface area contributed by atoms with Gasteiger partial charge in [0.25, 0.3) is 0 Å². The van der Waals surface area contributed by atoms with Gasteiger partial charge in [-0.1, -0.05) is 246 Å². The molecule has 6 heteroatoms. The molecule has 0 aliphatic heterocycles. The Kier molecular flexibility index (Phi) is 53.9. The molecule has 69 heavy (non-hydrogen) atoms. The molecule has 0 saturated carbocycles. The van der Waals surface area contributed by atoms with Gasteiger partial charge < -0.3 is 14.2 Å². The molecule has 0 spiro atoms. The summed E-state index contributed by atoms with van der Waals surface area (Å²) in [5.74, 6) is -0.961. The van der Waals surface area contributed by atoms with E-state index < -0.39 is 6.10 Å². The maximum absolute atomic E-state index is 12.8. The van der Waals surface area contributed by atoms with E-state index in [1.807, 2.05) is 0 Å². The van der Waals surface area contributed by atoms with Crippen LogP contribution in [0.3, 0.4) is 0 Å². The number of ether oxygens (including phenoxy) is 3. The first kappa shape index (κ1) is 65.3. The number of allylic oxidation sites excluding steroid dienone is 16. The van der Waals surface area contributed by atoms with Gasteiger partial charge in [0, 0.05) is 19.3 Å². The molecule has 0 aromatic heterocycles. The highest BCUT2D eigenvalue weighted by molar-refractivity contribution is 5.71. The summed E-state index contributed by atoms with van der Waals surface area (Å²) in [7, 11) is 0. The normalized spacial score (nSPS) is 12.8. The molecule has 1 unspecified atom stereocenters. The van der Waals surface area contributed by atoms with Crippen LogP contribution in [0.15, 0.2) is 97.2 Å². The Bertz CT molecular complexity index is 1380. The highest BCUT2D eigenvalue weighted by Crippen LogP contribution is 2.15. The molecule has 1 atom stereocenters. The highest BCUT2D eigenvalue weighted by Gasteiger charge is 2.19. The van der Waals surface area contributed by atoms with Gasteiger partial charge in [-0.25, -0.2) is 0 Å². The van der Waals surface area contributed by atoms with Crippen molar-refractivity contribution >= 4 is 17.9 Å². The van der Waals surface area contributed by atoms with Gasteiger partial charge in [-0.3, -0.25) is 14.4 Å². The zero-order valence-corrected chi connectivity index (χ0v) is 45.0. The average Bonchev–Trinajstić information content (AvgIpc) is 3.35. The Morgan fingerprint density at radius 3 is 0.957 bits per heavy atom. The minimum atomic E-state index is -0.802. The summed E-state index contributed by atoms with van der Waals surface area (Å²) in [5.41, 5.74) is 0. The van der Waals surface area contributed by atoms with Crippen molar-refractivity contribution in [1.29, 1.82) is 0 Å². The van der Waals surface area contributed by atoms with Crippen LogP contribution >= 0.6 is 0 Å². The fraction of sp³-hybridized carbons (Fsp3) is 0.698. The van der Waals surface area contributed by atoms with Gasteiger partial charge in [-0.15, -0.1) is 0 Å². The lowest BCUT2D eigenvalue weighted by molar-refractivity contribution is -0.167. The second kappa shape index (κ2) is 56.9. The average molecular weight is 960 g/mol. The molecular formula is C63H106O6. The van der Waals surface area contributed by atoms with Crippen LogP contribution in [0.4, 0.5) is 0 Å². The van der Waals surface area contributed by atoms with E-state index in [9.17, 15) is 14.4 Å². The standard InChI is InChI=1S/C63H106O6/c1-4-7-10-13-16-19-22-24-26-28-30-31-32-33-34-36-37-39-41-44-47-50-53-56-62(65)68-59-60(58-67-61(64)55-52-49-46-43-21-18-15-12-9-6-3)69-63(66)57-54-51-48-45-42-40-38-35-29-27-25-23-20-17-14-11-8-5-2/h7,10,16,19,24,26-27,29-31,33-34,37,39,44,47,60H,4-6,8-9,11-15,17-18,20-23,25,28,32,35-36,38,40-43,45-46,48-59H2,1-3H3/b10-7-,19-16-,26-24-,29-27-,31-30-,34-33-,39-37-,47-44-. The first-order valence-electron chi connectivity index (χ1n) is 28.7. The van der Waals surface area contributed by atoms with Crippen LogP contribution in [-0.4, -0.2) is 37.2 Å². The fourth-order valence-corrected chi connectivity index (χ4v) is 7.78. The summed E-state index contributed by atoms with van der Waals surface area (Å²) in [6, 6.07) is 0. The van der Waals surface area contributed by atoms with E-state index >= 15 is 0 Å². The maximum Gasteiger partial charge on any atom is 0.306 e. The lowest BCUT2D eigenvalue weighted by atomic mass is 10.1. The summed E-state index contributed by atoms with van der Waals surface area (Å²) in [6.45, 7) is 6.47. The molecule has 0 aromatic rings. The highest BCUT2D eigenvalue weighted by atomic mass is 16.6. The molecule has 0 fully saturated rings. The van der Waals surface area contributed by atoms with Crippen LogP contribution in [0.25, 0.3) is 0 Å². The zero-order chi connectivity index (χ0) is 50.0. The van der Waals surface area contributed by atoms with Crippen molar-refractivity contribution in [2.24, 2.45) is 0 Å². The van der Waals surface area contributed by atoms with Gasteiger partial charge in [0.05, 0.1) is 0 Å². The van der Waals surface area contributed by atoms with Crippen LogP contribution < -0.4 is 0 Å². The van der Waals surface area contributed by atoms with E-state index in [4.69, 9.17) is 14.2 Å². The van der Waals surface area contributed by atoms with E-state index in [2.05, 4.69) is 118 Å². The van der Waals surface area contributed by atoms with Crippen LogP contribution in [0, 0.1) is 0 Å². The summed E-state index contributed by atoms with van der Waals surface area (Å²) in [5, 5.41) is 0. The number of esters is 3. The smallest absolute Gasteiger partial charge is 0.306 e. The Balaban J connectivity index is 4.42. The van der Waals surface area contributed by atoms with Crippen LogP contribution in [0.5, 0.6) is 0 Å². The third kappa shape index (κ3) is 55.1. The van der Waals surface area contributed by atoms with E-state index in [0.29, 0.717) is 19.3 Å². The lowest BCUT2D eigenvalue weighted by Gasteiger charge is -2.18. The van der Waals surface area contributed by atoms with E-state index in [-0.39, 0.29) is 37.5 Å². The fourth-order valence-electron chi connectivity index (χ4n) is 7.78. The second-order valence-corrected chi connectivity index (χ2v) is 18.8. The van der Waals surface area contributed by atoms with Gasteiger partial charge in [-0.2, -0.15) is 0 Å². The van der Waals surface area contributed by atoms with Gasteiger partial charge in [-0.05, 0) is 96.3 Å². The monoisotopic (exact) mass is 959 g/mol. The predicted molar refractivity (Wildman–Crippen MR) is 297 cm³/mol. The van der Waals surface area contributed by atoms with Crippen molar-refractivity contribution in [3.8, 4) is 0 Å². The molecule has 0 aliphatic carbocycles. The van der Waals surface area contributed by atoms with Crippen molar-refractivity contribution in [3.63, 3.8) is 0 Å². The molecule has 0 bridgehead atoms. The SMILES string of the molecule is CC/C=C\C/C=C\C/C=C\C/C=C\C/C=C\C/C=C\C/C=C\CCCC(=O)OCC(COC(=O)CCCCCCCCCCCC)OC(=O)CCCCCCCCC/C=C\CCCCCCCCC. The largest absolute Gasteiger partial charge is 0.462 e. The number of unbranched alkanes of at least 4 members (excludes halogenated alkanes) is 24. The quantitative estimate of drug-likeness (QED) is 0.0262. The predicted octanol–water partition coefficient (Wildman–Crippen LogP) is 19.3. The Morgan fingerprint density at radius 2 is 0.580 bits per heavy atom. The maximum atomic E-state index is 12.8. The number of carbonyl (C=O) groups excluding carboxylic acids is 3. The second-order valence-electron chi connectivity index (χ2n) is 18.8. The van der Waals surface area contributed by atoms with E-state index in [1.54, 1.807) is 0 Å². The van der Waals surface area contributed by atoms with Gasteiger partial charge >= 0.3 is 17.9 Å². The third-order valence-corrected chi connectivity index (χ3v) is 12.1. The number of rotatable bonds is 51. The molecular weight excluding hydrogens is 853 g/mol. The van der Waals surface area contributed by atoms with Crippen molar-refractivity contribution in [2.75, 3.05) is 13.2 Å². The zero-order valence-electron chi connectivity index (χ0n) is 45.0. The van der Waals surface area contributed by atoms with Crippen LogP contribution in [0.1, 0.15) is 265 Å². The van der Waals surface area contributed by atoms with Crippen LogP contribution in [0.2, 0.25) is 0 Å². The molecule has 0 heterocycles. The molecule has 0 amide bonds. The van der Waals surface area contributed by atoms with Crippen molar-refractivity contribution in [3.05, 3.63) is 97.2 Å². The molecule has 6 nitrogen and oxygen atoms in total. The van der Waals surface area contributed by atoms with Crippen molar-refractivity contribution in [1.82, 2.24) is 0 Å². The number of carbonyl (C=O) groups is 3. The van der Waals surface area contributed by atoms with Crippen molar-refractivity contribution in [2.45, 2.75) is 271 Å². The molecule has 0 aromatic carbocycles. The van der Waals surface area contributed by atoms with Crippen molar-refractivity contribution < 1.29 is 28.6 Å². The minimum absolute atomic E-state index is 0.0960. The first-order chi connectivity index (χ1) is 34.0. The third-order valence-electron chi connectivity index (χ3n) is 12.1. The van der Waals surface area contributed by atoms with Gasteiger partial charge in [0.15, 0.2) is 6.10 Å². The molecule has 0 rings (SSSR count). The molecule has 0 aliphatic rings. The minimum Gasteiger partial charge on any atom is -0.462 e. The van der Waals surface area contributed by atoms with Gasteiger partial charge in [0.2, 0.25) is 0 Å². The summed E-state index contributed by atoms with van der Waals surface area (Å²) >= 11 is 0. The molecule has 0 N–H and O–H groups in total. The molecule has 394 valence electrons. The summed E-state index contributed by atoms with van der Waals surface area (Å²) < 4.78 is 16.8. The Hall–Kier alpha value is -3.67. The Morgan fingerprint density at radius 1 is 0.304 bits per heavy atom. The molecule has 0 saturated heterocycles. The number of hydrogen-bond acceptors (Lipinski definition) is 6. The summed E-state index contributed by atoms with van der Waals surface area (Å²) in [6.07, 6.45) is 75.5. The molecule has 0 radical (unpaired) electrons. The van der Waals surface area contributed by atoms with Gasteiger partial charge in [0.1, 0.15) is 13.2 Å². The van der Waals surface area contributed by atoms with E-state index in [1.165, 1.54) is 128 Å². The topological polar surface area (TPSA) is 78.9 Å². The van der Waals surface area contributed by atoms with E-state index in [0.717, 1.165) is 89.9 Å². The lowest BCUT2D eigenvalue weighted by Crippen LogP contribution is -2.30. The first-order valence-corrected chi connectivity index (χ1v) is 28.7. The summed E-state index contributed by atoms with van der Waals surface area (Å²) in [4.78, 5) is 38.1. The van der Waals surface area contributed by atoms with Crippen LogP contribution in [-0.2, 0) is 28.6 Å². The number of hydrogen-bond donors (Lipinski definition) is 0.